The molecule has 128 valence electrons. The SMILES string of the molecule is CCCn1nc(C(=O)N[C@H]2CCCC[C@@H]2C)c2ccccc2c1=O. The van der Waals surface area contributed by atoms with Crippen molar-refractivity contribution >= 4 is 16.7 Å². The topological polar surface area (TPSA) is 64.0 Å². The molecule has 0 spiro atoms. The van der Waals surface area contributed by atoms with Gasteiger partial charge in [-0.05, 0) is 31.2 Å². The van der Waals surface area contributed by atoms with E-state index in [1.54, 1.807) is 12.1 Å². The highest BCUT2D eigenvalue weighted by atomic mass is 16.2. The summed E-state index contributed by atoms with van der Waals surface area (Å²) in [7, 11) is 0. The molecule has 1 amide bonds. The lowest BCUT2D eigenvalue weighted by Crippen LogP contribution is -2.42. The monoisotopic (exact) mass is 327 g/mol. The van der Waals surface area contributed by atoms with Crippen molar-refractivity contribution in [1.29, 1.82) is 0 Å². The Balaban J connectivity index is 1.99. The lowest BCUT2D eigenvalue weighted by atomic mass is 9.86. The highest BCUT2D eigenvalue weighted by molar-refractivity contribution is 6.04. The van der Waals surface area contributed by atoms with Gasteiger partial charge in [0, 0.05) is 18.0 Å². The van der Waals surface area contributed by atoms with E-state index in [0.29, 0.717) is 28.9 Å². The first-order valence-electron chi connectivity index (χ1n) is 8.92. The van der Waals surface area contributed by atoms with Crippen LogP contribution in [0.2, 0.25) is 0 Å². The van der Waals surface area contributed by atoms with E-state index in [1.165, 1.54) is 11.1 Å². The molecule has 0 unspecified atom stereocenters. The van der Waals surface area contributed by atoms with Crippen LogP contribution in [0, 0.1) is 5.92 Å². The number of hydrogen-bond acceptors (Lipinski definition) is 3. The van der Waals surface area contributed by atoms with Gasteiger partial charge >= 0.3 is 0 Å². The maximum absolute atomic E-state index is 12.9. The number of hydrogen-bond donors (Lipinski definition) is 1. The third-order valence-electron chi connectivity index (χ3n) is 4.95. The van der Waals surface area contributed by atoms with Crippen molar-refractivity contribution in [3.05, 3.63) is 40.3 Å². The van der Waals surface area contributed by atoms with E-state index < -0.39 is 0 Å². The minimum Gasteiger partial charge on any atom is -0.348 e. The van der Waals surface area contributed by atoms with Gasteiger partial charge in [-0.3, -0.25) is 9.59 Å². The zero-order chi connectivity index (χ0) is 17.1. The van der Waals surface area contributed by atoms with Gasteiger partial charge in [0.05, 0.1) is 5.39 Å². The molecule has 24 heavy (non-hydrogen) atoms. The van der Waals surface area contributed by atoms with Gasteiger partial charge in [0.25, 0.3) is 11.5 Å². The van der Waals surface area contributed by atoms with Crippen LogP contribution >= 0.6 is 0 Å². The fourth-order valence-electron chi connectivity index (χ4n) is 3.53. The molecule has 5 nitrogen and oxygen atoms in total. The predicted molar refractivity (Wildman–Crippen MR) is 95.2 cm³/mol. The molecule has 3 rings (SSSR count). The fraction of sp³-hybridized carbons (Fsp3) is 0.526. The van der Waals surface area contributed by atoms with Gasteiger partial charge in [-0.15, -0.1) is 0 Å². The van der Waals surface area contributed by atoms with Crippen LogP contribution in [0.25, 0.3) is 10.8 Å². The number of carbonyl (C=O) groups excluding carboxylic acids is 1. The quantitative estimate of drug-likeness (QED) is 0.938. The van der Waals surface area contributed by atoms with Gasteiger partial charge < -0.3 is 5.32 Å². The Morgan fingerprint density at radius 2 is 1.96 bits per heavy atom. The highest BCUT2D eigenvalue weighted by Crippen LogP contribution is 2.24. The Hall–Kier alpha value is -2.17. The van der Waals surface area contributed by atoms with E-state index in [1.807, 2.05) is 19.1 Å². The number of nitrogens with zero attached hydrogens (tertiary/aromatic N) is 2. The molecule has 2 atom stereocenters. The molecular formula is C19H25N3O2. The Bertz CT molecular complexity index is 797. The highest BCUT2D eigenvalue weighted by Gasteiger charge is 2.25. The third-order valence-corrected chi connectivity index (χ3v) is 4.95. The second kappa shape index (κ2) is 7.16. The molecule has 0 radical (unpaired) electrons. The van der Waals surface area contributed by atoms with Crippen LogP contribution in [0.4, 0.5) is 0 Å². The second-order valence-corrected chi connectivity index (χ2v) is 6.76. The Morgan fingerprint density at radius 3 is 2.67 bits per heavy atom. The van der Waals surface area contributed by atoms with Crippen molar-refractivity contribution in [1.82, 2.24) is 15.1 Å². The number of amides is 1. The summed E-state index contributed by atoms with van der Waals surface area (Å²) in [5.74, 6) is 0.310. The van der Waals surface area contributed by atoms with Crippen LogP contribution in [-0.4, -0.2) is 21.7 Å². The number of carbonyl (C=O) groups is 1. The van der Waals surface area contributed by atoms with Gasteiger partial charge in [0.1, 0.15) is 0 Å². The van der Waals surface area contributed by atoms with Crippen LogP contribution in [-0.2, 0) is 6.54 Å². The van der Waals surface area contributed by atoms with E-state index in [-0.39, 0.29) is 17.5 Å². The maximum atomic E-state index is 12.9. The van der Waals surface area contributed by atoms with E-state index in [4.69, 9.17) is 0 Å². The van der Waals surface area contributed by atoms with Gasteiger partial charge in [0.15, 0.2) is 5.69 Å². The number of aryl methyl sites for hydroxylation is 1. The minimum absolute atomic E-state index is 0.130. The lowest BCUT2D eigenvalue weighted by molar-refractivity contribution is 0.0904. The summed E-state index contributed by atoms with van der Waals surface area (Å²) in [6.07, 6.45) is 5.34. The summed E-state index contributed by atoms with van der Waals surface area (Å²) in [5.41, 5.74) is 0.228. The zero-order valence-electron chi connectivity index (χ0n) is 14.4. The Morgan fingerprint density at radius 1 is 1.25 bits per heavy atom. The standard InChI is InChI=1S/C19H25N3O2/c1-3-12-22-19(24)15-10-6-5-9-14(15)17(21-22)18(23)20-16-11-7-4-8-13(16)2/h5-6,9-10,13,16H,3-4,7-8,11-12H2,1-2H3,(H,20,23)/t13-,16-/m0/s1. The smallest absolute Gasteiger partial charge is 0.274 e. The number of fused-ring (bicyclic) bond motifs is 1. The normalized spacial score (nSPS) is 20.9. The van der Waals surface area contributed by atoms with E-state index in [2.05, 4.69) is 17.3 Å². The first kappa shape index (κ1) is 16.7. The maximum Gasteiger partial charge on any atom is 0.274 e. The molecule has 0 saturated heterocycles. The first-order chi connectivity index (χ1) is 11.6. The molecule has 1 aromatic carbocycles. The zero-order valence-corrected chi connectivity index (χ0v) is 14.4. The average molecular weight is 327 g/mol. The average Bonchev–Trinajstić information content (AvgIpc) is 2.59. The summed E-state index contributed by atoms with van der Waals surface area (Å²) in [4.78, 5) is 25.4. The van der Waals surface area contributed by atoms with Gasteiger partial charge in [0.2, 0.25) is 0 Å². The fourth-order valence-corrected chi connectivity index (χ4v) is 3.53. The molecule has 1 heterocycles. The van der Waals surface area contributed by atoms with Crippen molar-refractivity contribution in [2.75, 3.05) is 0 Å². The Labute approximate surface area is 142 Å². The summed E-state index contributed by atoms with van der Waals surface area (Å²) in [6.45, 7) is 4.70. The van der Waals surface area contributed by atoms with Crippen LogP contribution in [0.1, 0.15) is 56.4 Å². The van der Waals surface area contributed by atoms with Crippen molar-refractivity contribution in [3.8, 4) is 0 Å². The lowest BCUT2D eigenvalue weighted by Gasteiger charge is -2.29. The van der Waals surface area contributed by atoms with Gasteiger partial charge in [-0.2, -0.15) is 5.10 Å². The van der Waals surface area contributed by atoms with Crippen LogP contribution in [0.5, 0.6) is 0 Å². The second-order valence-electron chi connectivity index (χ2n) is 6.76. The third kappa shape index (κ3) is 3.21. The van der Waals surface area contributed by atoms with Gasteiger partial charge in [-0.25, -0.2) is 4.68 Å². The summed E-state index contributed by atoms with van der Waals surface area (Å²) in [5, 5.41) is 8.71. The van der Waals surface area contributed by atoms with Crippen LogP contribution < -0.4 is 10.9 Å². The first-order valence-corrected chi connectivity index (χ1v) is 8.92. The van der Waals surface area contributed by atoms with E-state index >= 15 is 0 Å². The van der Waals surface area contributed by atoms with Crippen LogP contribution in [0.15, 0.2) is 29.1 Å². The molecule has 1 fully saturated rings. The predicted octanol–water partition coefficient (Wildman–Crippen LogP) is 3.12. The van der Waals surface area contributed by atoms with E-state index in [0.717, 1.165) is 25.7 Å². The molecule has 1 aliphatic carbocycles. The van der Waals surface area contributed by atoms with Crippen molar-refractivity contribution in [3.63, 3.8) is 0 Å². The van der Waals surface area contributed by atoms with Crippen LogP contribution in [0.3, 0.4) is 0 Å². The summed E-state index contributed by atoms with van der Waals surface area (Å²) < 4.78 is 1.42. The number of nitrogens with one attached hydrogen (secondary N) is 1. The van der Waals surface area contributed by atoms with Crippen molar-refractivity contribution in [2.45, 2.75) is 58.5 Å². The molecule has 0 bridgehead atoms. The number of aromatic nitrogens is 2. The molecule has 1 saturated carbocycles. The molecule has 1 N–H and O–H groups in total. The number of benzene rings is 1. The number of rotatable bonds is 4. The molecule has 0 aliphatic heterocycles. The van der Waals surface area contributed by atoms with E-state index in [9.17, 15) is 9.59 Å². The summed E-state index contributed by atoms with van der Waals surface area (Å²) in [6, 6.07) is 7.43. The minimum atomic E-state index is -0.171. The molecule has 2 aromatic rings. The molecular weight excluding hydrogens is 302 g/mol. The molecule has 5 heteroatoms. The van der Waals surface area contributed by atoms with Gasteiger partial charge in [-0.1, -0.05) is 44.9 Å². The summed E-state index contributed by atoms with van der Waals surface area (Å²) >= 11 is 0. The van der Waals surface area contributed by atoms with Crippen molar-refractivity contribution < 1.29 is 4.79 Å². The van der Waals surface area contributed by atoms with Crippen molar-refractivity contribution in [2.24, 2.45) is 5.92 Å². The molecule has 1 aliphatic rings. The Kier molecular flexibility index (Phi) is 4.97. The molecule has 1 aromatic heterocycles. The largest absolute Gasteiger partial charge is 0.348 e.